The van der Waals surface area contributed by atoms with Crippen molar-refractivity contribution >= 4 is 64.7 Å². The molecule has 360 valence electrons. The minimum atomic E-state index is -0.941. The number of primary amides is 1. The van der Waals surface area contributed by atoms with E-state index < -0.39 is 23.1 Å². The van der Waals surface area contributed by atoms with Crippen LogP contribution in [0, 0.1) is 5.41 Å². The number of unbranched alkanes of at least 4 members (excludes halogenated alkanes) is 1. The van der Waals surface area contributed by atoms with E-state index in [0.717, 1.165) is 17.9 Å². The number of ether oxygens (including phenoxy) is 4. The van der Waals surface area contributed by atoms with Gasteiger partial charge in [0.15, 0.2) is 0 Å². The molecule has 1 unspecified atom stereocenters. The number of thioether (sulfide) groups is 1. The Labute approximate surface area is 375 Å². The molecule has 1 aliphatic rings. The summed E-state index contributed by atoms with van der Waals surface area (Å²) in [6, 6.07) is -0.524. The first-order valence-electron chi connectivity index (χ1n) is 21.9. The third-order valence-electron chi connectivity index (χ3n) is 9.11. The number of imide groups is 1. The summed E-state index contributed by atoms with van der Waals surface area (Å²) in [6.45, 7) is 10.7. The van der Waals surface area contributed by atoms with Gasteiger partial charge in [0.05, 0.1) is 58.1 Å². The highest BCUT2D eigenvalue weighted by Gasteiger charge is 2.38. The molecule has 0 saturated carbocycles. The van der Waals surface area contributed by atoms with Crippen molar-refractivity contribution in [2.24, 2.45) is 5.73 Å². The van der Waals surface area contributed by atoms with Crippen LogP contribution < -0.4 is 37.6 Å². The van der Waals surface area contributed by atoms with Crippen molar-refractivity contribution in [1.29, 1.82) is 5.41 Å². The summed E-state index contributed by atoms with van der Waals surface area (Å²) in [5.74, 6) is -2.33. The summed E-state index contributed by atoms with van der Waals surface area (Å²) in [7, 11) is 0. The molecule has 1 aliphatic heterocycles. The summed E-state index contributed by atoms with van der Waals surface area (Å²) in [5, 5.41) is 23.6. The van der Waals surface area contributed by atoms with Crippen molar-refractivity contribution in [3.8, 4) is 0 Å². The smallest absolute Gasteiger partial charge is 0.242 e. The largest absolute Gasteiger partial charge is 0.378 e. The number of nitrogens with zero attached hydrogens (tertiary/aromatic N) is 1. The molecule has 0 aromatic rings. The first kappa shape index (κ1) is 56.8. The van der Waals surface area contributed by atoms with Gasteiger partial charge in [-0.1, -0.05) is 13.8 Å². The molecule has 0 radical (unpaired) electrons. The maximum absolute atomic E-state index is 12.6. The van der Waals surface area contributed by atoms with Gasteiger partial charge in [0.2, 0.25) is 47.3 Å². The SMILES string of the molecule is CC(=N)CCCSC1CC(=O)N(CCC(=O)NCCCC[C@H](NC(=O)CCC(=O)NCCOCCOCCNC(=O)CCC(=O)NCCOCCOCCNC(C)C)C(N)=O)C1=O. The van der Waals surface area contributed by atoms with Crippen LogP contribution in [0.2, 0.25) is 0 Å². The Morgan fingerprint density at radius 3 is 1.63 bits per heavy atom. The molecule has 1 heterocycles. The molecule has 1 fully saturated rings. The molecule has 0 bridgehead atoms. The lowest BCUT2D eigenvalue weighted by atomic mass is 10.1. The fourth-order valence-corrected chi connectivity index (χ4v) is 6.83. The lowest BCUT2D eigenvalue weighted by molar-refractivity contribution is -0.138. The van der Waals surface area contributed by atoms with Crippen LogP contribution in [-0.4, -0.2) is 173 Å². The summed E-state index contributed by atoms with van der Waals surface area (Å²) >= 11 is 1.41. The van der Waals surface area contributed by atoms with E-state index >= 15 is 0 Å². The van der Waals surface area contributed by atoms with Crippen molar-refractivity contribution in [3.63, 3.8) is 0 Å². The number of hydrogen-bond donors (Lipinski definition) is 8. The molecule has 21 nitrogen and oxygen atoms in total. The van der Waals surface area contributed by atoms with E-state index in [1.807, 2.05) is 0 Å². The van der Waals surface area contributed by atoms with Gasteiger partial charge < -0.3 is 62.0 Å². The highest BCUT2D eigenvalue weighted by Crippen LogP contribution is 2.26. The zero-order valence-electron chi connectivity index (χ0n) is 37.4. The van der Waals surface area contributed by atoms with Crippen molar-refractivity contribution in [3.05, 3.63) is 0 Å². The average Bonchev–Trinajstić information content (AvgIpc) is 3.50. The van der Waals surface area contributed by atoms with Crippen molar-refractivity contribution in [2.75, 3.05) is 97.9 Å². The van der Waals surface area contributed by atoms with Crippen LogP contribution >= 0.6 is 11.8 Å². The normalized spacial score (nSPS) is 14.1. The van der Waals surface area contributed by atoms with Crippen LogP contribution in [0.5, 0.6) is 0 Å². The van der Waals surface area contributed by atoms with E-state index in [4.69, 9.17) is 30.1 Å². The lowest BCUT2D eigenvalue weighted by Gasteiger charge is -2.16. The number of rotatable bonds is 40. The number of nitrogens with two attached hydrogens (primary N) is 1. The quantitative estimate of drug-likeness (QED) is 0.0214. The molecule has 22 heteroatoms. The van der Waals surface area contributed by atoms with Crippen molar-refractivity contribution in [2.45, 2.75) is 109 Å². The Morgan fingerprint density at radius 1 is 0.667 bits per heavy atom. The van der Waals surface area contributed by atoms with Gasteiger partial charge in [-0.25, -0.2) is 0 Å². The van der Waals surface area contributed by atoms with E-state index in [9.17, 15) is 38.4 Å². The number of likely N-dealkylation sites (tertiary alicyclic amines) is 1. The van der Waals surface area contributed by atoms with Crippen LogP contribution in [0.4, 0.5) is 0 Å². The summed E-state index contributed by atoms with van der Waals surface area (Å²) in [5.41, 5.74) is 6.03. The first-order valence-corrected chi connectivity index (χ1v) is 22.9. The van der Waals surface area contributed by atoms with E-state index in [0.29, 0.717) is 76.3 Å². The Morgan fingerprint density at radius 2 is 1.14 bits per heavy atom. The zero-order valence-corrected chi connectivity index (χ0v) is 38.3. The summed E-state index contributed by atoms with van der Waals surface area (Å²) in [6.07, 6.45) is 2.54. The second kappa shape index (κ2) is 36.2. The number of amides is 8. The summed E-state index contributed by atoms with van der Waals surface area (Å²) < 4.78 is 21.7. The zero-order chi connectivity index (χ0) is 46.7. The van der Waals surface area contributed by atoms with Gasteiger partial charge in [0.25, 0.3) is 0 Å². The van der Waals surface area contributed by atoms with Crippen LogP contribution in [0.25, 0.3) is 0 Å². The number of carbonyl (C=O) groups is 8. The molecule has 0 aliphatic carbocycles. The molecule has 8 amide bonds. The molecule has 0 aromatic carbocycles. The van der Waals surface area contributed by atoms with E-state index in [1.54, 1.807) is 6.92 Å². The number of carbonyl (C=O) groups excluding carboxylic acids is 8. The van der Waals surface area contributed by atoms with E-state index in [1.165, 1.54) is 11.8 Å². The molecule has 1 saturated heterocycles. The van der Waals surface area contributed by atoms with Gasteiger partial charge in [-0.3, -0.25) is 43.3 Å². The summed E-state index contributed by atoms with van der Waals surface area (Å²) in [4.78, 5) is 98.8. The first-order chi connectivity index (χ1) is 30.2. The monoisotopic (exact) mass is 916 g/mol. The molecule has 1 rings (SSSR count). The topological polar surface area (TPSA) is 299 Å². The molecule has 63 heavy (non-hydrogen) atoms. The predicted molar refractivity (Wildman–Crippen MR) is 237 cm³/mol. The molecule has 9 N–H and O–H groups in total. The number of hydrogen-bond acceptors (Lipinski definition) is 15. The minimum Gasteiger partial charge on any atom is -0.378 e. The fourth-order valence-electron chi connectivity index (χ4n) is 5.71. The minimum absolute atomic E-state index is 0.00210. The molecule has 0 aromatic heterocycles. The van der Waals surface area contributed by atoms with Crippen LogP contribution in [-0.2, 0) is 57.3 Å². The van der Waals surface area contributed by atoms with Crippen LogP contribution in [0.15, 0.2) is 0 Å². The molecular weight excluding hydrogens is 843 g/mol. The predicted octanol–water partition coefficient (Wildman–Crippen LogP) is -0.713. The second-order valence-corrected chi connectivity index (χ2v) is 16.4. The lowest BCUT2D eigenvalue weighted by Crippen LogP contribution is -2.44. The van der Waals surface area contributed by atoms with Crippen LogP contribution in [0.1, 0.15) is 91.4 Å². The fraction of sp³-hybridized carbons (Fsp3) is 0.780. The molecule has 0 spiro atoms. The second-order valence-electron chi connectivity index (χ2n) is 15.1. The maximum atomic E-state index is 12.6. The standard InChI is InChI=1S/C41H73N9O12S/c1-30(2)44-15-20-59-24-25-60-21-16-46-34(51)9-10-35(52)47-17-22-61-26-27-62-23-18-48-36(53)11-12-38(55)49-32(40(43)57)8-4-5-14-45-37(54)13-19-50-39(56)29-33(41(50)58)63-28-6-7-31(3)42/h30,32-33,42,44H,4-29H2,1-3H3,(H2,43,57)(H,45,54)(H,46,51)(H,47,52)(H,48,53)(H,49,55)/t32-,33?/m0/s1. The Kier molecular flexibility index (Phi) is 32.6. The van der Waals surface area contributed by atoms with E-state index in [-0.39, 0.29) is 126 Å². The van der Waals surface area contributed by atoms with Gasteiger partial charge in [-0.15, -0.1) is 11.8 Å². The number of nitrogens with one attached hydrogen (secondary N) is 7. The Bertz CT molecular complexity index is 1420. The van der Waals surface area contributed by atoms with E-state index in [2.05, 4.69) is 45.7 Å². The molecule has 2 atom stereocenters. The third kappa shape index (κ3) is 31.3. The third-order valence-corrected chi connectivity index (χ3v) is 10.4. The van der Waals surface area contributed by atoms with Gasteiger partial charge in [-0.05, 0) is 44.8 Å². The highest BCUT2D eigenvalue weighted by molar-refractivity contribution is 8.00. The average molecular weight is 916 g/mol. The Hall–Kier alpha value is -4.22. The Balaban J connectivity index is 2.01. The van der Waals surface area contributed by atoms with Crippen molar-refractivity contribution < 1.29 is 57.3 Å². The van der Waals surface area contributed by atoms with Gasteiger partial charge in [0, 0.05) is 89.5 Å². The maximum Gasteiger partial charge on any atom is 0.242 e. The van der Waals surface area contributed by atoms with Gasteiger partial charge in [0.1, 0.15) is 6.04 Å². The van der Waals surface area contributed by atoms with Crippen molar-refractivity contribution in [1.82, 2.24) is 36.8 Å². The van der Waals surface area contributed by atoms with Crippen LogP contribution in [0.3, 0.4) is 0 Å². The highest BCUT2D eigenvalue weighted by atomic mass is 32.2. The molecular formula is C41H73N9O12S. The van der Waals surface area contributed by atoms with Gasteiger partial charge >= 0.3 is 0 Å². The van der Waals surface area contributed by atoms with Gasteiger partial charge in [-0.2, -0.15) is 0 Å².